The summed E-state index contributed by atoms with van der Waals surface area (Å²) in [6.45, 7) is 0.921. The molecule has 0 aromatic carbocycles. The smallest absolute Gasteiger partial charge is 0.235 e. The quantitative estimate of drug-likeness (QED) is 0.814. The molecule has 3 fully saturated rings. The second-order valence-electron chi connectivity index (χ2n) is 6.91. The lowest BCUT2D eigenvalue weighted by Gasteiger charge is -2.37. The molecule has 1 amide bonds. The highest BCUT2D eigenvalue weighted by atomic mass is 32.1. The number of thiocarbonyl (C=S) groups is 1. The molecule has 3 nitrogen and oxygen atoms in total. The Morgan fingerprint density at radius 2 is 1.70 bits per heavy atom. The number of hydrogen-bond acceptors (Lipinski definition) is 2. The van der Waals surface area contributed by atoms with Gasteiger partial charge in [0.25, 0.3) is 0 Å². The van der Waals surface area contributed by atoms with Crippen LogP contribution in [0.3, 0.4) is 0 Å². The van der Waals surface area contributed by atoms with E-state index in [9.17, 15) is 4.79 Å². The highest BCUT2D eigenvalue weighted by Gasteiger charge is 2.49. The van der Waals surface area contributed by atoms with Crippen LogP contribution in [0.4, 0.5) is 0 Å². The van der Waals surface area contributed by atoms with Gasteiger partial charge in [0.1, 0.15) is 0 Å². The molecule has 0 aromatic rings. The first-order valence-corrected chi connectivity index (χ1v) is 8.67. The van der Waals surface area contributed by atoms with Gasteiger partial charge in [0.05, 0.1) is 10.4 Å². The molecule has 2 saturated carbocycles. The van der Waals surface area contributed by atoms with Crippen molar-refractivity contribution in [1.29, 1.82) is 0 Å². The third-order valence-corrected chi connectivity index (χ3v) is 6.23. The maximum atomic E-state index is 13.1. The number of likely N-dealkylation sites (tertiary alicyclic amines) is 1. The third kappa shape index (κ3) is 2.26. The monoisotopic (exact) mass is 294 g/mol. The van der Waals surface area contributed by atoms with E-state index in [0.29, 0.717) is 11.0 Å². The summed E-state index contributed by atoms with van der Waals surface area (Å²) in [6.07, 6.45) is 11.5. The van der Waals surface area contributed by atoms with Crippen LogP contribution in [0.1, 0.15) is 64.2 Å². The van der Waals surface area contributed by atoms with E-state index in [1.165, 1.54) is 32.1 Å². The molecule has 1 atom stereocenters. The van der Waals surface area contributed by atoms with Crippen LogP contribution < -0.4 is 5.73 Å². The Morgan fingerprint density at radius 1 is 1.05 bits per heavy atom. The number of nitrogens with two attached hydrogens (primary N) is 1. The zero-order valence-electron chi connectivity index (χ0n) is 12.3. The standard InChI is InChI=1S/C16H26N2OS/c17-14(20)16(9-3-4-10-16)15(19)18-11-5-8-13(18)12-6-1-2-7-12/h12-13H,1-11H2,(H2,17,20). The molecule has 0 spiro atoms. The molecule has 3 rings (SSSR count). The Hall–Kier alpha value is -0.640. The number of amides is 1. The van der Waals surface area contributed by atoms with Crippen molar-refractivity contribution in [3.05, 3.63) is 0 Å². The lowest BCUT2D eigenvalue weighted by Crippen LogP contribution is -2.51. The normalized spacial score (nSPS) is 30.0. The lowest BCUT2D eigenvalue weighted by atomic mass is 9.83. The van der Waals surface area contributed by atoms with Crippen molar-refractivity contribution >= 4 is 23.1 Å². The molecule has 2 N–H and O–H groups in total. The van der Waals surface area contributed by atoms with Crippen LogP contribution in [0, 0.1) is 11.3 Å². The molecule has 0 aromatic heterocycles. The molecule has 1 unspecified atom stereocenters. The average Bonchev–Trinajstić information content (AvgIpc) is 3.18. The molecule has 2 aliphatic carbocycles. The fourth-order valence-corrected chi connectivity index (χ4v) is 4.99. The zero-order chi connectivity index (χ0) is 14.2. The van der Waals surface area contributed by atoms with Gasteiger partial charge < -0.3 is 10.6 Å². The minimum atomic E-state index is -0.503. The summed E-state index contributed by atoms with van der Waals surface area (Å²) in [6, 6.07) is 0.469. The van der Waals surface area contributed by atoms with E-state index in [-0.39, 0.29) is 5.91 Å². The van der Waals surface area contributed by atoms with Crippen LogP contribution >= 0.6 is 12.2 Å². The van der Waals surface area contributed by atoms with Gasteiger partial charge in [-0.3, -0.25) is 4.79 Å². The van der Waals surface area contributed by atoms with E-state index < -0.39 is 5.41 Å². The molecule has 1 heterocycles. The Bertz CT molecular complexity index is 397. The van der Waals surface area contributed by atoms with Crippen LogP contribution in [0.5, 0.6) is 0 Å². The van der Waals surface area contributed by atoms with Gasteiger partial charge in [-0.25, -0.2) is 0 Å². The molecule has 3 aliphatic rings. The van der Waals surface area contributed by atoms with E-state index in [1.807, 2.05) is 0 Å². The van der Waals surface area contributed by atoms with Crippen LogP contribution in [0.15, 0.2) is 0 Å². The first-order valence-electron chi connectivity index (χ1n) is 8.26. The van der Waals surface area contributed by atoms with E-state index in [2.05, 4.69) is 4.90 Å². The summed E-state index contributed by atoms with van der Waals surface area (Å²) in [5, 5.41) is 0. The van der Waals surface area contributed by atoms with Crippen LogP contribution in [-0.4, -0.2) is 28.4 Å². The molecule has 1 saturated heterocycles. The van der Waals surface area contributed by atoms with Gasteiger partial charge in [0, 0.05) is 12.6 Å². The topological polar surface area (TPSA) is 46.3 Å². The molecule has 112 valence electrons. The predicted molar refractivity (Wildman–Crippen MR) is 84.4 cm³/mol. The van der Waals surface area contributed by atoms with E-state index in [0.717, 1.165) is 44.6 Å². The van der Waals surface area contributed by atoms with Gasteiger partial charge in [-0.15, -0.1) is 0 Å². The Balaban J connectivity index is 1.79. The van der Waals surface area contributed by atoms with Gasteiger partial charge in [0.2, 0.25) is 5.91 Å². The second-order valence-corrected chi connectivity index (χ2v) is 7.35. The SMILES string of the molecule is NC(=S)C1(C(=O)N2CCCC2C2CCCC2)CCCC1. The largest absolute Gasteiger partial charge is 0.392 e. The zero-order valence-corrected chi connectivity index (χ0v) is 13.1. The molecular formula is C16H26N2OS. The molecule has 20 heavy (non-hydrogen) atoms. The highest BCUT2D eigenvalue weighted by molar-refractivity contribution is 7.80. The van der Waals surface area contributed by atoms with E-state index >= 15 is 0 Å². The average molecular weight is 294 g/mol. The number of nitrogens with zero attached hydrogens (tertiary/aromatic N) is 1. The molecule has 1 aliphatic heterocycles. The van der Waals surface area contributed by atoms with Gasteiger partial charge in [-0.05, 0) is 44.4 Å². The Labute approximate surface area is 127 Å². The molecular weight excluding hydrogens is 268 g/mol. The van der Waals surface area contributed by atoms with Gasteiger partial charge in [-0.1, -0.05) is 37.9 Å². The number of rotatable bonds is 3. The summed E-state index contributed by atoms with van der Waals surface area (Å²) < 4.78 is 0. The van der Waals surface area contributed by atoms with Crippen LogP contribution in [0.25, 0.3) is 0 Å². The summed E-state index contributed by atoms with van der Waals surface area (Å²) in [5.41, 5.74) is 5.48. The fraction of sp³-hybridized carbons (Fsp3) is 0.875. The summed E-state index contributed by atoms with van der Waals surface area (Å²) in [5.74, 6) is 0.989. The van der Waals surface area contributed by atoms with Crippen molar-refractivity contribution in [2.75, 3.05) is 6.54 Å². The molecule has 0 bridgehead atoms. The fourth-order valence-electron chi connectivity index (χ4n) is 4.70. The second kappa shape index (κ2) is 5.63. The van der Waals surface area contributed by atoms with Crippen molar-refractivity contribution in [3.63, 3.8) is 0 Å². The van der Waals surface area contributed by atoms with Crippen molar-refractivity contribution in [1.82, 2.24) is 4.90 Å². The number of hydrogen-bond donors (Lipinski definition) is 1. The van der Waals surface area contributed by atoms with Crippen LogP contribution in [-0.2, 0) is 4.79 Å². The molecule has 4 heteroatoms. The third-order valence-electron chi connectivity index (χ3n) is 5.84. The van der Waals surface area contributed by atoms with Crippen molar-refractivity contribution < 1.29 is 4.79 Å². The van der Waals surface area contributed by atoms with Gasteiger partial charge in [-0.2, -0.15) is 0 Å². The number of carbonyl (C=O) groups excluding carboxylic acids is 1. The summed E-state index contributed by atoms with van der Waals surface area (Å²) >= 11 is 5.28. The maximum Gasteiger partial charge on any atom is 0.235 e. The minimum Gasteiger partial charge on any atom is -0.392 e. The van der Waals surface area contributed by atoms with Gasteiger partial charge in [0.15, 0.2) is 0 Å². The summed E-state index contributed by atoms with van der Waals surface area (Å²) in [7, 11) is 0. The minimum absolute atomic E-state index is 0.261. The first kappa shape index (κ1) is 14.3. The number of carbonyl (C=O) groups is 1. The first-order chi connectivity index (χ1) is 9.65. The summed E-state index contributed by atoms with van der Waals surface area (Å²) in [4.78, 5) is 15.7. The van der Waals surface area contributed by atoms with Crippen molar-refractivity contribution in [2.24, 2.45) is 17.1 Å². The lowest BCUT2D eigenvalue weighted by molar-refractivity contribution is -0.139. The predicted octanol–water partition coefficient (Wildman–Crippen LogP) is 3.01. The van der Waals surface area contributed by atoms with Gasteiger partial charge >= 0.3 is 0 Å². The molecule has 0 radical (unpaired) electrons. The van der Waals surface area contributed by atoms with E-state index in [4.69, 9.17) is 18.0 Å². The van der Waals surface area contributed by atoms with Crippen molar-refractivity contribution in [2.45, 2.75) is 70.3 Å². The Kier molecular flexibility index (Phi) is 4.02. The maximum absolute atomic E-state index is 13.1. The van der Waals surface area contributed by atoms with Crippen LogP contribution in [0.2, 0.25) is 0 Å². The highest BCUT2D eigenvalue weighted by Crippen LogP contribution is 2.43. The Morgan fingerprint density at radius 3 is 2.30 bits per heavy atom. The van der Waals surface area contributed by atoms with Crippen molar-refractivity contribution in [3.8, 4) is 0 Å². The van der Waals surface area contributed by atoms with E-state index in [1.54, 1.807) is 0 Å².